The zero-order valence-corrected chi connectivity index (χ0v) is 13.6. The summed E-state index contributed by atoms with van der Waals surface area (Å²) in [5.41, 5.74) is 5.97. The minimum absolute atomic E-state index is 0.411. The van der Waals surface area contributed by atoms with E-state index in [9.17, 15) is 0 Å². The van der Waals surface area contributed by atoms with Crippen molar-refractivity contribution in [3.63, 3.8) is 0 Å². The minimum Gasteiger partial charge on any atom is -0.366 e. The summed E-state index contributed by atoms with van der Waals surface area (Å²) in [5, 5.41) is 3.49. The van der Waals surface area contributed by atoms with Gasteiger partial charge in [-0.05, 0) is 50.8 Å². The third-order valence-corrected chi connectivity index (χ3v) is 4.53. The highest BCUT2D eigenvalue weighted by molar-refractivity contribution is 5.76. The summed E-state index contributed by atoms with van der Waals surface area (Å²) in [6.07, 6.45) is 6.93. The molecular formula is C18H21N5. The van der Waals surface area contributed by atoms with Gasteiger partial charge in [0.25, 0.3) is 0 Å². The van der Waals surface area contributed by atoms with Crippen molar-refractivity contribution >= 4 is 16.9 Å². The van der Waals surface area contributed by atoms with Gasteiger partial charge in [-0.15, -0.1) is 0 Å². The fraction of sp³-hybridized carbons (Fsp3) is 0.389. The topological polar surface area (TPSA) is 55.6 Å². The molecule has 2 heterocycles. The van der Waals surface area contributed by atoms with E-state index in [1.165, 1.54) is 28.8 Å². The van der Waals surface area contributed by atoms with Crippen molar-refractivity contribution in [1.82, 2.24) is 19.5 Å². The minimum atomic E-state index is 0.411. The van der Waals surface area contributed by atoms with E-state index < -0.39 is 0 Å². The lowest BCUT2D eigenvalue weighted by atomic mass is 10.2. The van der Waals surface area contributed by atoms with Crippen LogP contribution in [0.1, 0.15) is 43.1 Å². The maximum absolute atomic E-state index is 4.47. The van der Waals surface area contributed by atoms with Crippen molar-refractivity contribution in [2.45, 2.75) is 45.7 Å². The average Bonchev–Trinajstić information content (AvgIpc) is 3.19. The van der Waals surface area contributed by atoms with E-state index in [4.69, 9.17) is 0 Å². The zero-order valence-electron chi connectivity index (χ0n) is 13.6. The second kappa shape index (κ2) is 5.65. The summed E-state index contributed by atoms with van der Waals surface area (Å²) in [7, 11) is 0. The number of aromatic nitrogens is 4. The van der Waals surface area contributed by atoms with Gasteiger partial charge in [0.05, 0.1) is 17.4 Å². The van der Waals surface area contributed by atoms with Crippen LogP contribution in [0.4, 0.5) is 5.82 Å². The largest absolute Gasteiger partial charge is 0.366 e. The van der Waals surface area contributed by atoms with E-state index in [0.29, 0.717) is 6.04 Å². The number of rotatable bonds is 4. The average molecular weight is 307 g/mol. The molecule has 0 atom stereocenters. The number of hydrogen-bond acceptors (Lipinski definition) is 4. The number of fused-ring (bicyclic) bond motifs is 2. The number of aryl methyl sites for hydroxylation is 1. The highest BCUT2D eigenvalue weighted by Gasteiger charge is 2.16. The van der Waals surface area contributed by atoms with Crippen LogP contribution in [0.5, 0.6) is 0 Å². The van der Waals surface area contributed by atoms with Crippen molar-refractivity contribution in [2.75, 3.05) is 5.32 Å². The van der Waals surface area contributed by atoms with Crippen molar-refractivity contribution in [3.05, 3.63) is 47.7 Å². The Hall–Kier alpha value is -2.43. The van der Waals surface area contributed by atoms with E-state index in [2.05, 4.69) is 56.9 Å². The van der Waals surface area contributed by atoms with Crippen LogP contribution in [0.15, 0.2) is 30.9 Å². The van der Waals surface area contributed by atoms with E-state index in [1.54, 1.807) is 6.33 Å². The third-order valence-electron chi connectivity index (χ3n) is 4.53. The molecule has 0 spiro atoms. The van der Waals surface area contributed by atoms with Crippen molar-refractivity contribution < 1.29 is 0 Å². The molecule has 5 nitrogen and oxygen atoms in total. The van der Waals surface area contributed by atoms with Crippen LogP contribution in [0.3, 0.4) is 0 Å². The second-order valence-corrected chi connectivity index (χ2v) is 6.42. The molecular weight excluding hydrogens is 286 g/mol. The van der Waals surface area contributed by atoms with Crippen LogP contribution in [-0.2, 0) is 19.4 Å². The Morgan fingerprint density at radius 2 is 2.09 bits per heavy atom. The molecule has 2 aromatic heterocycles. The predicted octanol–water partition coefficient (Wildman–Crippen LogP) is 3.51. The monoisotopic (exact) mass is 307 g/mol. The number of imidazole rings is 1. The van der Waals surface area contributed by atoms with E-state index in [0.717, 1.165) is 30.7 Å². The van der Waals surface area contributed by atoms with Gasteiger partial charge < -0.3 is 9.88 Å². The first kappa shape index (κ1) is 14.2. The van der Waals surface area contributed by atoms with Crippen LogP contribution < -0.4 is 5.32 Å². The van der Waals surface area contributed by atoms with Crippen LogP contribution >= 0.6 is 0 Å². The first-order valence-electron chi connectivity index (χ1n) is 8.24. The Morgan fingerprint density at radius 3 is 2.96 bits per heavy atom. The standard InChI is InChI=1S/C18H21N5/c1-12(2)23-11-22-16-7-6-13(8-17(16)23)9-19-18-14-4-3-5-15(14)20-10-21-18/h6-8,10-12H,3-5,9H2,1-2H3,(H,19,20,21). The molecule has 0 saturated carbocycles. The SMILES string of the molecule is CC(C)n1cnc2ccc(CNc3ncnc4c3CCC4)cc21. The maximum atomic E-state index is 4.47. The molecule has 0 amide bonds. The summed E-state index contributed by atoms with van der Waals surface area (Å²) in [6, 6.07) is 6.86. The number of nitrogens with zero attached hydrogens (tertiary/aromatic N) is 4. The molecule has 0 radical (unpaired) electrons. The van der Waals surface area contributed by atoms with Crippen LogP contribution in [0.25, 0.3) is 11.0 Å². The van der Waals surface area contributed by atoms with Gasteiger partial charge in [-0.25, -0.2) is 15.0 Å². The van der Waals surface area contributed by atoms with Gasteiger partial charge in [-0.3, -0.25) is 0 Å². The quantitative estimate of drug-likeness (QED) is 0.801. The number of anilines is 1. The van der Waals surface area contributed by atoms with Crippen molar-refractivity contribution in [1.29, 1.82) is 0 Å². The van der Waals surface area contributed by atoms with Crippen LogP contribution in [0.2, 0.25) is 0 Å². The highest BCUT2D eigenvalue weighted by Crippen LogP contribution is 2.26. The molecule has 4 rings (SSSR count). The smallest absolute Gasteiger partial charge is 0.133 e. The van der Waals surface area contributed by atoms with Gasteiger partial charge in [-0.2, -0.15) is 0 Å². The fourth-order valence-electron chi connectivity index (χ4n) is 3.29. The molecule has 1 N–H and O–H groups in total. The third kappa shape index (κ3) is 2.56. The lowest BCUT2D eigenvalue weighted by molar-refractivity contribution is 0.617. The molecule has 3 aromatic rings. The fourth-order valence-corrected chi connectivity index (χ4v) is 3.29. The lowest BCUT2D eigenvalue weighted by Gasteiger charge is -2.11. The molecule has 0 fully saturated rings. The van der Waals surface area contributed by atoms with E-state index in [1.807, 2.05) is 6.33 Å². The van der Waals surface area contributed by atoms with Gasteiger partial charge in [0.2, 0.25) is 0 Å². The van der Waals surface area contributed by atoms with Crippen molar-refractivity contribution in [2.24, 2.45) is 0 Å². The van der Waals surface area contributed by atoms with Gasteiger partial charge in [0, 0.05) is 23.8 Å². The van der Waals surface area contributed by atoms with Gasteiger partial charge in [0.1, 0.15) is 12.1 Å². The summed E-state index contributed by atoms with van der Waals surface area (Å²) >= 11 is 0. The molecule has 118 valence electrons. The number of hydrogen-bond donors (Lipinski definition) is 1. The lowest BCUT2D eigenvalue weighted by Crippen LogP contribution is -2.06. The summed E-state index contributed by atoms with van der Waals surface area (Å²) in [4.78, 5) is 13.3. The van der Waals surface area contributed by atoms with Crippen molar-refractivity contribution in [3.8, 4) is 0 Å². The van der Waals surface area contributed by atoms with Gasteiger partial charge >= 0.3 is 0 Å². The summed E-state index contributed by atoms with van der Waals surface area (Å²) < 4.78 is 2.21. The molecule has 0 aliphatic heterocycles. The Bertz CT molecular complexity index is 850. The summed E-state index contributed by atoms with van der Waals surface area (Å²) in [6.45, 7) is 5.12. The van der Waals surface area contributed by atoms with Crippen LogP contribution in [-0.4, -0.2) is 19.5 Å². The van der Waals surface area contributed by atoms with E-state index >= 15 is 0 Å². The van der Waals surface area contributed by atoms with Gasteiger partial charge in [-0.1, -0.05) is 6.07 Å². The zero-order chi connectivity index (χ0) is 15.8. The Kier molecular flexibility index (Phi) is 3.48. The van der Waals surface area contributed by atoms with Gasteiger partial charge in [0.15, 0.2) is 0 Å². The molecule has 1 aliphatic carbocycles. The molecule has 1 aromatic carbocycles. The first-order chi connectivity index (χ1) is 11.2. The first-order valence-corrected chi connectivity index (χ1v) is 8.24. The predicted molar refractivity (Wildman–Crippen MR) is 91.5 cm³/mol. The molecule has 0 bridgehead atoms. The van der Waals surface area contributed by atoms with E-state index in [-0.39, 0.29) is 0 Å². The number of benzene rings is 1. The molecule has 5 heteroatoms. The Labute approximate surface area is 135 Å². The highest BCUT2D eigenvalue weighted by atomic mass is 15.1. The molecule has 23 heavy (non-hydrogen) atoms. The number of nitrogens with one attached hydrogen (secondary N) is 1. The second-order valence-electron chi connectivity index (χ2n) is 6.42. The normalized spacial score (nSPS) is 13.7. The molecule has 1 aliphatic rings. The van der Waals surface area contributed by atoms with Crippen LogP contribution in [0, 0.1) is 0 Å². The Morgan fingerprint density at radius 1 is 1.17 bits per heavy atom. The molecule has 0 saturated heterocycles. The molecule has 0 unspecified atom stereocenters. The summed E-state index contributed by atoms with van der Waals surface area (Å²) in [5.74, 6) is 0.991. The Balaban J connectivity index is 1.59. The maximum Gasteiger partial charge on any atom is 0.133 e.